The molecule has 0 aliphatic carbocycles. The number of nitrogens with one attached hydrogen (secondary N) is 2. The first kappa shape index (κ1) is 16.5. The van der Waals surface area contributed by atoms with Crippen LogP contribution in [0.5, 0.6) is 0 Å². The van der Waals surface area contributed by atoms with Crippen molar-refractivity contribution in [3.63, 3.8) is 0 Å². The molecule has 1 unspecified atom stereocenters. The van der Waals surface area contributed by atoms with Crippen LogP contribution >= 0.6 is 11.8 Å². The van der Waals surface area contributed by atoms with E-state index in [4.69, 9.17) is 0 Å². The number of carbonyl (C=O) groups excluding carboxylic acids is 1. The largest absolute Gasteiger partial charge is 0.326 e. The molecule has 3 nitrogen and oxygen atoms in total. The molecule has 0 spiro atoms. The van der Waals surface area contributed by atoms with Crippen LogP contribution in [0.25, 0.3) is 0 Å². The molecular weight excluding hydrogens is 299 g/mol. The number of benzene rings is 2. The average Bonchev–Trinajstić information content (AvgIpc) is 2.50. The quantitative estimate of drug-likeness (QED) is 0.801. The van der Waals surface area contributed by atoms with Gasteiger partial charge in [-0.25, -0.2) is 4.39 Å². The van der Waals surface area contributed by atoms with E-state index in [-0.39, 0.29) is 11.7 Å². The Bertz CT molecular complexity index is 614. The van der Waals surface area contributed by atoms with Gasteiger partial charge in [0.1, 0.15) is 12.4 Å². The second kappa shape index (κ2) is 7.96. The average molecular weight is 319 g/mol. The first-order valence-corrected chi connectivity index (χ1v) is 8.29. The van der Waals surface area contributed by atoms with E-state index < -0.39 is 0 Å². The van der Waals surface area contributed by atoms with Crippen molar-refractivity contribution >= 4 is 23.4 Å². The fourth-order valence-corrected chi connectivity index (χ4v) is 2.58. The minimum absolute atomic E-state index is 0.0788. The smallest absolute Gasteiger partial charge is 0.279 e. The lowest BCUT2D eigenvalue weighted by Gasteiger charge is -2.14. The van der Waals surface area contributed by atoms with Crippen molar-refractivity contribution < 1.29 is 14.1 Å². The highest BCUT2D eigenvalue weighted by Gasteiger charge is 2.11. The molecule has 0 radical (unpaired) electrons. The number of anilines is 1. The van der Waals surface area contributed by atoms with Crippen LogP contribution in [-0.4, -0.2) is 25.8 Å². The highest BCUT2D eigenvalue weighted by molar-refractivity contribution is 7.98. The van der Waals surface area contributed by atoms with Crippen molar-refractivity contribution in [2.75, 3.05) is 25.2 Å². The fourth-order valence-electron chi connectivity index (χ4n) is 2.17. The number of hydrogen-bond acceptors (Lipinski definition) is 2. The van der Waals surface area contributed by atoms with E-state index in [2.05, 4.69) is 29.6 Å². The number of quaternary nitrogens is 1. The summed E-state index contributed by atoms with van der Waals surface area (Å²) >= 11 is 1.71. The summed E-state index contributed by atoms with van der Waals surface area (Å²) in [5.41, 5.74) is 1.81. The summed E-state index contributed by atoms with van der Waals surface area (Å²) in [6, 6.07) is 14.1. The van der Waals surface area contributed by atoms with Crippen LogP contribution in [0.2, 0.25) is 0 Å². The van der Waals surface area contributed by atoms with Gasteiger partial charge in [0.05, 0.1) is 7.05 Å². The van der Waals surface area contributed by atoms with Crippen LogP contribution in [-0.2, 0) is 11.3 Å². The summed E-state index contributed by atoms with van der Waals surface area (Å²) in [5.74, 6) is -0.390. The molecule has 0 aliphatic heterocycles. The lowest BCUT2D eigenvalue weighted by Crippen LogP contribution is -3.08. The van der Waals surface area contributed by atoms with Gasteiger partial charge in [-0.05, 0) is 42.7 Å². The molecule has 116 valence electrons. The minimum atomic E-state index is -0.311. The Morgan fingerprint density at radius 2 is 1.77 bits per heavy atom. The van der Waals surface area contributed by atoms with Crippen LogP contribution in [0.1, 0.15) is 5.56 Å². The maximum atomic E-state index is 12.8. The molecule has 0 fully saturated rings. The molecule has 2 rings (SSSR count). The molecular formula is C17H20FN2OS+. The van der Waals surface area contributed by atoms with Gasteiger partial charge in [-0.15, -0.1) is 11.8 Å². The second-order valence-electron chi connectivity index (χ2n) is 5.21. The molecule has 22 heavy (non-hydrogen) atoms. The van der Waals surface area contributed by atoms with Gasteiger partial charge in [-0.1, -0.05) is 12.1 Å². The van der Waals surface area contributed by atoms with Gasteiger partial charge >= 0.3 is 0 Å². The van der Waals surface area contributed by atoms with Crippen LogP contribution in [0.15, 0.2) is 53.4 Å². The van der Waals surface area contributed by atoms with E-state index in [0.717, 1.165) is 11.4 Å². The summed E-state index contributed by atoms with van der Waals surface area (Å²) < 4.78 is 12.8. The van der Waals surface area contributed by atoms with Crippen LogP contribution in [0, 0.1) is 5.82 Å². The maximum absolute atomic E-state index is 12.8. The molecule has 0 aliphatic rings. The van der Waals surface area contributed by atoms with Crippen LogP contribution < -0.4 is 10.2 Å². The number of halogens is 1. The molecule has 2 N–H and O–H groups in total. The third kappa shape index (κ3) is 5.16. The Hall–Kier alpha value is -1.85. The molecule has 0 saturated carbocycles. The number of thioether (sulfide) groups is 1. The minimum Gasteiger partial charge on any atom is -0.326 e. The van der Waals surface area contributed by atoms with Gasteiger partial charge in [0.25, 0.3) is 5.91 Å². The lowest BCUT2D eigenvalue weighted by molar-refractivity contribution is -0.885. The van der Waals surface area contributed by atoms with E-state index in [1.807, 2.05) is 13.3 Å². The first-order chi connectivity index (χ1) is 10.6. The van der Waals surface area contributed by atoms with Crippen molar-refractivity contribution in [3.8, 4) is 0 Å². The predicted molar refractivity (Wildman–Crippen MR) is 88.7 cm³/mol. The second-order valence-corrected chi connectivity index (χ2v) is 6.09. The number of amides is 1. The van der Waals surface area contributed by atoms with Gasteiger partial charge in [0.15, 0.2) is 6.54 Å². The van der Waals surface area contributed by atoms with E-state index >= 15 is 0 Å². The standard InChI is InChI=1S/C17H19FN2OS/c1-20(11-13-3-9-16(22-2)10-4-13)12-17(21)19-15-7-5-14(18)6-8-15/h3-10H,11-12H2,1-2H3,(H,19,21)/p+1. The van der Waals surface area contributed by atoms with Gasteiger partial charge in [0.2, 0.25) is 0 Å². The highest BCUT2D eigenvalue weighted by atomic mass is 32.2. The van der Waals surface area contributed by atoms with E-state index in [9.17, 15) is 9.18 Å². The normalized spacial score (nSPS) is 12.0. The van der Waals surface area contributed by atoms with E-state index in [1.54, 1.807) is 23.9 Å². The number of carbonyl (C=O) groups is 1. The summed E-state index contributed by atoms with van der Waals surface area (Å²) in [5, 5.41) is 2.77. The van der Waals surface area contributed by atoms with Gasteiger partial charge < -0.3 is 10.2 Å². The van der Waals surface area contributed by atoms with Gasteiger partial charge in [-0.3, -0.25) is 4.79 Å². The Morgan fingerprint density at radius 1 is 1.14 bits per heavy atom. The molecule has 0 saturated heterocycles. The van der Waals surface area contributed by atoms with E-state index in [1.165, 1.54) is 22.6 Å². The van der Waals surface area contributed by atoms with Crippen molar-refractivity contribution in [2.24, 2.45) is 0 Å². The Balaban J connectivity index is 1.83. The Kier molecular flexibility index (Phi) is 5.98. The summed E-state index contributed by atoms with van der Waals surface area (Å²) in [4.78, 5) is 14.3. The van der Waals surface area contributed by atoms with Crippen LogP contribution in [0.3, 0.4) is 0 Å². The molecule has 2 aromatic rings. The van der Waals surface area contributed by atoms with E-state index in [0.29, 0.717) is 12.2 Å². The molecule has 5 heteroatoms. The van der Waals surface area contributed by atoms with Crippen molar-refractivity contribution in [1.82, 2.24) is 0 Å². The number of rotatable bonds is 6. The first-order valence-electron chi connectivity index (χ1n) is 7.06. The number of hydrogen-bond donors (Lipinski definition) is 2. The third-order valence-electron chi connectivity index (χ3n) is 3.26. The van der Waals surface area contributed by atoms with Crippen molar-refractivity contribution in [1.29, 1.82) is 0 Å². The lowest BCUT2D eigenvalue weighted by atomic mass is 10.2. The van der Waals surface area contributed by atoms with Crippen LogP contribution in [0.4, 0.5) is 10.1 Å². The third-order valence-corrected chi connectivity index (χ3v) is 4.00. The molecule has 0 bridgehead atoms. The van der Waals surface area contributed by atoms with Crippen molar-refractivity contribution in [2.45, 2.75) is 11.4 Å². The fraction of sp³-hybridized carbons (Fsp3) is 0.235. The summed E-state index contributed by atoms with van der Waals surface area (Å²) in [6.45, 7) is 1.15. The Morgan fingerprint density at radius 3 is 2.36 bits per heavy atom. The topological polar surface area (TPSA) is 33.5 Å². The number of likely N-dealkylation sites (N-methyl/N-ethyl adjacent to an activating group) is 1. The summed E-state index contributed by atoms with van der Waals surface area (Å²) in [6.07, 6.45) is 2.05. The zero-order valence-corrected chi connectivity index (χ0v) is 13.5. The van der Waals surface area contributed by atoms with Crippen molar-refractivity contribution in [3.05, 3.63) is 59.9 Å². The highest BCUT2D eigenvalue weighted by Crippen LogP contribution is 2.14. The Labute approximate surface area is 134 Å². The monoisotopic (exact) mass is 319 g/mol. The zero-order valence-electron chi connectivity index (χ0n) is 12.7. The molecule has 0 heterocycles. The molecule has 0 aromatic heterocycles. The molecule has 2 aromatic carbocycles. The molecule has 1 amide bonds. The summed E-state index contributed by atoms with van der Waals surface area (Å²) in [7, 11) is 1.98. The molecule has 1 atom stereocenters. The SMILES string of the molecule is CSc1ccc(C[NH+](C)CC(=O)Nc2ccc(F)cc2)cc1. The maximum Gasteiger partial charge on any atom is 0.279 e. The predicted octanol–water partition coefficient (Wildman–Crippen LogP) is 2.20. The zero-order chi connectivity index (χ0) is 15.9. The van der Waals surface area contributed by atoms with Gasteiger partial charge in [-0.2, -0.15) is 0 Å². The van der Waals surface area contributed by atoms with Gasteiger partial charge in [0, 0.05) is 16.1 Å².